The number of thiazole rings is 1. The first-order chi connectivity index (χ1) is 12.4. The monoisotopic (exact) mass is 376 g/mol. The minimum absolute atomic E-state index is 0.0420. The van der Waals surface area contributed by atoms with Gasteiger partial charge in [0.1, 0.15) is 5.75 Å². The van der Waals surface area contributed by atoms with Crippen LogP contribution in [0, 0.1) is 5.92 Å². The summed E-state index contributed by atoms with van der Waals surface area (Å²) in [5, 5.41) is 0.588. The molecular formula is C19H18F2N2O2S. The Labute approximate surface area is 154 Å². The molecule has 0 spiro atoms. The van der Waals surface area contributed by atoms with E-state index in [1.54, 1.807) is 11.0 Å². The van der Waals surface area contributed by atoms with E-state index < -0.39 is 6.61 Å². The lowest BCUT2D eigenvalue weighted by Crippen LogP contribution is -2.34. The third-order valence-corrected chi connectivity index (χ3v) is 4.67. The fraction of sp³-hybridized carbons (Fsp3) is 0.263. The van der Waals surface area contributed by atoms with Crippen molar-refractivity contribution in [3.05, 3.63) is 54.1 Å². The summed E-state index contributed by atoms with van der Waals surface area (Å²) < 4.78 is 30.3. The Bertz CT molecular complexity index is 878. The van der Waals surface area contributed by atoms with Gasteiger partial charge in [-0.2, -0.15) is 8.78 Å². The Hall–Kier alpha value is -2.54. The van der Waals surface area contributed by atoms with Gasteiger partial charge in [-0.25, -0.2) is 4.98 Å². The Kier molecular flexibility index (Phi) is 5.46. The molecule has 3 aromatic rings. The van der Waals surface area contributed by atoms with Crippen LogP contribution in [0.5, 0.6) is 5.75 Å². The van der Waals surface area contributed by atoms with Gasteiger partial charge in [-0.3, -0.25) is 9.69 Å². The molecule has 7 heteroatoms. The first kappa shape index (κ1) is 18.3. The first-order valence-electron chi connectivity index (χ1n) is 8.16. The number of ether oxygens (including phenoxy) is 1. The van der Waals surface area contributed by atoms with Crippen LogP contribution >= 0.6 is 11.3 Å². The number of benzene rings is 2. The van der Waals surface area contributed by atoms with Gasteiger partial charge in [-0.15, -0.1) is 0 Å². The van der Waals surface area contributed by atoms with Crippen molar-refractivity contribution in [2.45, 2.75) is 20.5 Å². The molecule has 0 radical (unpaired) electrons. The number of fused-ring (bicyclic) bond motifs is 1. The molecule has 0 aliphatic rings. The van der Waals surface area contributed by atoms with E-state index in [-0.39, 0.29) is 23.1 Å². The Morgan fingerprint density at radius 3 is 2.65 bits per heavy atom. The average Bonchev–Trinajstić information content (AvgIpc) is 3.02. The number of alkyl halides is 2. The second kappa shape index (κ2) is 7.78. The summed E-state index contributed by atoms with van der Waals surface area (Å²) in [7, 11) is 0. The van der Waals surface area contributed by atoms with Gasteiger partial charge in [0.2, 0.25) is 0 Å². The van der Waals surface area contributed by atoms with E-state index in [0.717, 1.165) is 10.2 Å². The molecule has 0 atom stereocenters. The van der Waals surface area contributed by atoms with E-state index in [4.69, 9.17) is 0 Å². The third-order valence-electron chi connectivity index (χ3n) is 3.61. The largest absolute Gasteiger partial charge is 0.435 e. The molecular weight excluding hydrogens is 358 g/mol. The van der Waals surface area contributed by atoms with Crippen LogP contribution in [-0.2, 0) is 0 Å². The highest BCUT2D eigenvalue weighted by Crippen LogP contribution is 2.30. The minimum atomic E-state index is -2.93. The standard InChI is InChI=1S/C19H18F2N2O2S/c1-12(2)11-23(19-22-15-8-3-4-9-16(15)26-19)17(24)13-6-5-7-14(10-13)25-18(20)21/h3-10,12,18H,11H2,1-2H3. The summed E-state index contributed by atoms with van der Waals surface area (Å²) in [6.07, 6.45) is 0. The number of nitrogens with zero attached hydrogens (tertiary/aromatic N) is 2. The predicted octanol–water partition coefficient (Wildman–Crippen LogP) is 5.20. The molecule has 1 heterocycles. The zero-order valence-electron chi connectivity index (χ0n) is 14.4. The van der Waals surface area contributed by atoms with Crippen molar-refractivity contribution in [3.63, 3.8) is 0 Å². The highest BCUT2D eigenvalue weighted by Gasteiger charge is 2.22. The van der Waals surface area contributed by atoms with Crippen molar-refractivity contribution in [2.24, 2.45) is 5.92 Å². The van der Waals surface area contributed by atoms with Crippen LogP contribution < -0.4 is 9.64 Å². The lowest BCUT2D eigenvalue weighted by Gasteiger charge is -2.22. The topological polar surface area (TPSA) is 42.4 Å². The van der Waals surface area contributed by atoms with E-state index in [0.29, 0.717) is 11.7 Å². The molecule has 1 amide bonds. The van der Waals surface area contributed by atoms with E-state index in [1.165, 1.54) is 29.5 Å². The van der Waals surface area contributed by atoms with Crippen LogP contribution in [0.2, 0.25) is 0 Å². The summed E-state index contributed by atoms with van der Waals surface area (Å²) in [5.41, 5.74) is 1.10. The maximum Gasteiger partial charge on any atom is 0.387 e. The van der Waals surface area contributed by atoms with Crippen molar-refractivity contribution in [1.82, 2.24) is 4.98 Å². The van der Waals surface area contributed by atoms with Crippen LogP contribution in [-0.4, -0.2) is 24.0 Å². The summed E-state index contributed by atoms with van der Waals surface area (Å²) in [6, 6.07) is 13.5. The average molecular weight is 376 g/mol. The lowest BCUT2D eigenvalue weighted by molar-refractivity contribution is -0.0498. The lowest BCUT2D eigenvalue weighted by atomic mass is 10.1. The van der Waals surface area contributed by atoms with Gasteiger partial charge in [0.05, 0.1) is 10.2 Å². The van der Waals surface area contributed by atoms with Crippen molar-refractivity contribution in [2.75, 3.05) is 11.4 Å². The van der Waals surface area contributed by atoms with Crippen LogP contribution in [0.4, 0.5) is 13.9 Å². The molecule has 0 bridgehead atoms. The number of carbonyl (C=O) groups is 1. The number of carbonyl (C=O) groups excluding carboxylic acids is 1. The number of anilines is 1. The summed E-state index contributed by atoms with van der Waals surface area (Å²) in [4.78, 5) is 19.2. The number of halogens is 2. The molecule has 2 aromatic carbocycles. The first-order valence-corrected chi connectivity index (χ1v) is 8.98. The molecule has 0 fully saturated rings. The molecule has 0 saturated carbocycles. The number of amides is 1. The number of hydrogen-bond donors (Lipinski definition) is 0. The van der Waals surface area contributed by atoms with Crippen molar-refractivity contribution < 1.29 is 18.3 Å². The second-order valence-corrected chi connectivity index (χ2v) is 7.19. The zero-order valence-corrected chi connectivity index (χ0v) is 15.2. The highest BCUT2D eigenvalue weighted by molar-refractivity contribution is 7.22. The van der Waals surface area contributed by atoms with Crippen molar-refractivity contribution in [1.29, 1.82) is 0 Å². The number of rotatable bonds is 6. The fourth-order valence-electron chi connectivity index (χ4n) is 2.55. The molecule has 3 rings (SSSR count). The second-order valence-electron chi connectivity index (χ2n) is 6.18. The normalized spacial score (nSPS) is 11.3. The van der Waals surface area contributed by atoms with Gasteiger partial charge in [0.25, 0.3) is 5.91 Å². The summed E-state index contributed by atoms with van der Waals surface area (Å²) in [5.74, 6) is -0.122. The predicted molar refractivity (Wildman–Crippen MR) is 99.2 cm³/mol. The molecule has 0 saturated heterocycles. The molecule has 0 aliphatic carbocycles. The maximum atomic E-state index is 13.0. The molecule has 4 nitrogen and oxygen atoms in total. The van der Waals surface area contributed by atoms with Crippen molar-refractivity contribution >= 4 is 32.6 Å². The zero-order chi connectivity index (χ0) is 18.7. The van der Waals surface area contributed by atoms with Gasteiger partial charge in [-0.05, 0) is 36.2 Å². The van der Waals surface area contributed by atoms with Gasteiger partial charge in [-0.1, -0.05) is 43.4 Å². The number of aromatic nitrogens is 1. The Balaban J connectivity index is 1.95. The highest BCUT2D eigenvalue weighted by atomic mass is 32.1. The van der Waals surface area contributed by atoms with Crippen LogP contribution in [0.3, 0.4) is 0 Å². The van der Waals surface area contributed by atoms with Gasteiger partial charge in [0, 0.05) is 12.1 Å². The summed E-state index contributed by atoms with van der Waals surface area (Å²) in [6.45, 7) is 1.54. The number of para-hydroxylation sites is 1. The van der Waals surface area contributed by atoms with Crippen LogP contribution in [0.1, 0.15) is 24.2 Å². The van der Waals surface area contributed by atoms with Gasteiger partial charge < -0.3 is 4.74 Å². The van der Waals surface area contributed by atoms with E-state index >= 15 is 0 Å². The van der Waals surface area contributed by atoms with Crippen LogP contribution in [0.15, 0.2) is 48.5 Å². The fourth-order valence-corrected chi connectivity index (χ4v) is 3.52. The maximum absolute atomic E-state index is 13.0. The van der Waals surface area contributed by atoms with Crippen molar-refractivity contribution in [3.8, 4) is 5.75 Å². The Morgan fingerprint density at radius 2 is 1.96 bits per heavy atom. The molecule has 0 unspecified atom stereocenters. The Morgan fingerprint density at radius 1 is 1.19 bits per heavy atom. The van der Waals surface area contributed by atoms with Gasteiger partial charge >= 0.3 is 6.61 Å². The number of hydrogen-bond acceptors (Lipinski definition) is 4. The molecule has 136 valence electrons. The van der Waals surface area contributed by atoms with E-state index in [1.807, 2.05) is 38.1 Å². The molecule has 1 aromatic heterocycles. The van der Waals surface area contributed by atoms with E-state index in [2.05, 4.69) is 9.72 Å². The van der Waals surface area contributed by atoms with Gasteiger partial charge in [0.15, 0.2) is 5.13 Å². The van der Waals surface area contributed by atoms with Crippen LogP contribution in [0.25, 0.3) is 10.2 Å². The minimum Gasteiger partial charge on any atom is -0.435 e. The third kappa shape index (κ3) is 4.16. The summed E-state index contributed by atoms with van der Waals surface area (Å²) >= 11 is 1.43. The molecule has 0 N–H and O–H groups in total. The molecule has 0 aliphatic heterocycles. The van der Waals surface area contributed by atoms with E-state index in [9.17, 15) is 13.6 Å². The quantitative estimate of drug-likeness (QED) is 0.594. The SMILES string of the molecule is CC(C)CN(C(=O)c1cccc(OC(F)F)c1)c1nc2ccccc2s1. The molecule has 26 heavy (non-hydrogen) atoms. The smallest absolute Gasteiger partial charge is 0.387 e.